The molecule has 1 amide bonds. The normalized spacial score (nSPS) is 10.5. The van der Waals surface area contributed by atoms with E-state index in [1.165, 1.54) is 0 Å². The number of methoxy groups -OCH3 is 1. The maximum Gasteiger partial charge on any atom is 0.251 e. The van der Waals surface area contributed by atoms with Crippen LogP contribution in [0.25, 0.3) is 0 Å². The molecule has 0 aliphatic heterocycles. The number of nitrogens with zero attached hydrogens (tertiary/aromatic N) is 2. The zero-order valence-corrected chi connectivity index (χ0v) is 14.6. The van der Waals surface area contributed by atoms with Gasteiger partial charge in [0.25, 0.3) is 5.91 Å². The summed E-state index contributed by atoms with van der Waals surface area (Å²) in [5.74, 6) is 0.670. The minimum atomic E-state index is -0.0720. The van der Waals surface area contributed by atoms with Crippen LogP contribution in [0.3, 0.4) is 0 Å². The molecular formula is C16H20BrN3O2. The first-order valence-electron chi connectivity index (χ1n) is 7.14. The van der Waals surface area contributed by atoms with Crippen molar-refractivity contribution in [1.29, 1.82) is 0 Å². The number of ether oxygens (including phenoxy) is 1. The first-order valence-corrected chi connectivity index (χ1v) is 7.94. The van der Waals surface area contributed by atoms with Crippen LogP contribution in [0.4, 0.5) is 0 Å². The number of benzene rings is 1. The second-order valence-corrected chi connectivity index (χ2v) is 5.84. The van der Waals surface area contributed by atoms with Gasteiger partial charge in [0, 0.05) is 24.3 Å². The van der Waals surface area contributed by atoms with E-state index in [0.29, 0.717) is 12.1 Å². The third kappa shape index (κ3) is 3.88. The molecule has 1 aromatic carbocycles. The summed E-state index contributed by atoms with van der Waals surface area (Å²) < 4.78 is 8.08. The minimum Gasteiger partial charge on any atom is -0.497 e. The van der Waals surface area contributed by atoms with Crippen LogP contribution in [0.15, 0.2) is 28.7 Å². The van der Waals surface area contributed by atoms with E-state index < -0.39 is 0 Å². The molecule has 2 rings (SSSR count). The number of nitrogens with one attached hydrogen (secondary N) is 1. The highest BCUT2D eigenvalue weighted by Gasteiger charge is 2.09. The number of hydrogen-bond donors (Lipinski definition) is 1. The Hall–Kier alpha value is -1.82. The number of rotatable bonds is 6. The Labute approximate surface area is 138 Å². The van der Waals surface area contributed by atoms with Crippen LogP contribution < -0.4 is 10.1 Å². The van der Waals surface area contributed by atoms with Gasteiger partial charge >= 0.3 is 0 Å². The van der Waals surface area contributed by atoms with Crippen LogP contribution in [0.2, 0.25) is 0 Å². The zero-order valence-electron chi connectivity index (χ0n) is 13.0. The lowest BCUT2D eigenvalue weighted by atomic mass is 10.2. The second-order valence-electron chi connectivity index (χ2n) is 5.05. The molecule has 0 fully saturated rings. The van der Waals surface area contributed by atoms with Crippen molar-refractivity contribution in [3.05, 3.63) is 45.7 Å². The minimum absolute atomic E-state index is 0.0720. The van der Waals surface area contributed by atoms with E-state index in [2.05, 4.69) is 26.3 Å². The summed E-state index contributed by atoms with van der Waals surface area (Å²) >= 11 is 3.51. The van der Waals surface area contributed by atoms with Gasteiger partial charge in [-0.1, -0.05) is 0 Å². The van der Waals surface area contributed by atoms with Gasteiger partial charge in [0.1, 0.15) is 5.75 Å². The number of hydrogen-bond acceptors (Lipinski definition) is 3. The van der Waals surface area contributed by atoms with E-state index in [1.54, 1.807) is 31.4 Å². The van der Waals surface area contributed by atoms with Gasteiger partial charge in [-0.25, -0.2) is 0 Å². The first-order chi connectivity index (χ1) is 10.5. The Morgan fingerprint density at radius 1 is 1.32 bits per heavy atom. The second kappa shape index (κ2) is 7.45. The predicted octanol–water partition coefficient (Wildman–Crippen LogP) is 3.09. The monoisotopic (exact) mass is 365 g/mol. The number of carbonyl (C=O) groups is 1. The van der Waals surface area contributed by atoms with E-state index in [0.717, 1.165) is 34.6 Å². The SMILES string of the molecule is COc1ccc(C(=O)NCCCn2nc(C)c(Br)c2C)cc1. The lowest BCUT2D eigenvalue weighted by Crippen LogP contribution is -2.25. The van der Waals surface area contributed by atoms with Crippen molar-refractivity contribution >= 4 is 21.8 Å². The molecule has 118 valence electrons. The van der Waals surface area contributed by atoms with Crippen molar-refractivity contribution in [3.63, 3.8) is 0 Å². The predicted molar refractivity (Wildman–Crippen MR) is 89.3 cm³/mol. The van der Waals surface area contributed by atoms with Gasteiger partial charge in [-0.3, -0.25) is 9.48 Å². The maximum atomic E-state index is 12.0. The number of amides is 1. The Morgan fingerprint density at radius 3 is 2.55 bits per heavy atom. The molecule has 5 nitrogen and oxygen atoms in total. The number of carbonyl (C=O) groups excluding carboxylic acids is 1. The molecule has 1 aromatic heterocycles. The molecule has 0 aliphatic rings. The number of halogens is 1. The average molecular weight is 366 g/mol. The highest BCUT2D eigenvalue weighted by molar-refractivity contribution is 9.10. The molecule has 0 spiro atoms. The van der Waals surface area contributed by atoms with Crippen molar-refractivity contribution in [2.75, 3.05) is 13.7 Å². The Balaban J connectivity index is 1.80. The standard InChI is InChI=1S/C16H20BrN3O2/c1-11-15(17)12(2)20(19-11)10-4-9-18-16(21)13-5-7-14(22-3)8-6-13/h5-8H,4,9-10H2,1-3H3,(H,18,21). The van der Waals surface area contributed by atoms with E-state index in [1.807, 2.05) is 18.5 Å². The van der Waals surface area contributed by atoms with Crippen molar-refractivity contribution in [1.82, 2.24) is 15.1 Å². The Morgan fingerprint density at radius 2 is 2.00 bits per heavy atom. The number of aryl methyl sites for hydroxylation is 2. The van der Waals surface area contributed by atoms with Crippen molar-refractivity contribution < 1.29 is 9.53 Å². The molecule has 0 saturated carbocycles. The average Bonchev–Trinajstić information content (AvgIpc) is 2.78. The summed E-state index contributed by atoms with van der Waals surface area (Å²) in [6.45, 7) is 5.39. The molecule has 1 heterocycles. The van der Waals surface area contributed by atoms with Crippen LogP contribution in [-0.4, -0.2) is 29.3 Å². The fourth-order valence-corrected chi connectivity index (χ4v) is 2.45. The smallest absolute Gasteiger partial charge is 0.251 e. The fraction of sp³-hybridized carbons (Fsp3) is 0.375. The highest BCUT2D eigenvalue weighted by Crippen LogP contribution is 2.19. The van der Waals surface area contributed by atoms with Gasteiger partial charge in [0.15, 0.2) is 0 Å². The third-order valence-electron chi connectivity index (χ3n) is 3.48. The van der Waals surface area contributed by atoms with Crippen LogP contribution >= 0.6 is 15.9 Å². The highest BCUT2D eigenvalue weighted by atomic mass is 79.9. The van der Waals surface area contributed by atoms with E-state index in [9.17, 15) is 4.79 Å². The molecule has 0 radical (unpaired) electrons. The molecule has 0 aliphatic carbocycles. The van der Waals surface area contributed by atoms with Gasteiger partial charge in [-0.05, 0) is 60.5 Å². The van der Waals surface area contributed by atoms with Crippen LogP contribution in [0, 0.1) is 13.8 Å². The lowest BCUT2D eigenvalue weighted by molar-refractivity contribution is 0.0952. The van der Waals surface area contributed by atoms with Crippen LogP contribution in [0.1, 0.15) is 28.2 Å². The van der Waals surface area contributed by atoms with Gasteiger partial charge in [0.05, 0.1) is 17.3 Å². The largest absolute Gasteiger partial charge is 0.497 e. The molecule has 0 atom stereocenters. The zero-order chi connectivity index (χ0) is 16.1. The molecule has 1 N–H and O–H groups in total. The van der Waals surface area contributed by atoms with E-state index >= 15 is 0 Å². The van der Waals surface area contributed by atoms with Crippen molar-refractivity contribution in [2.45, 2.75) is 26.8 Å². The van der Waals surface area contributed by atoms with Gasteiger partial charge in [-0.2, -0.15) is 5.10 Å². The van der Waals surface area contributed by atoms with Gasteiger partial charge < -0.3 is 10.1 Å². The molecule has 6 heteroatoms. The summed E-state index contributed by atoms with van der Waals surface area (Å²) in [7, 11) is 1.60. The summed E-state index contributed by atoms with van der Waals surface area (Å²) in [5, 5.41) is 7.36. The topological polar surface area (TPSA) is 56.1 Å². The van der Waals surface area contributed by atoms with Crippen molar-refractivity contribution in [3.8, 4) is 5.75 Å². The summed E-state index contributed by atoms with van der Waals surface area (Å²) in [4.78, 5) is 12.0. The third-order valence-corrected chi connectivity index (χ3v) is 4.63. The van der Waals surface area contributed by atoms with Crippen LogP contribution in [-0.2, 0) is 6.54 Å². The summed E-state index contributed by atoms with van der Waals surface area (Å²) in [6, 6.07) is 7.07. The number of aromatic nitrogens is 2. The Bertz CT molecular complexity index is 650. The lowest BCUT2D eigenvalue weighted by Gasteiger charge is -2.07. The molecule has 0 unspecified atom stereocenters. The molecule has 0 bridgehead atoms. The van der Waals surface area contributed by atoms with Crippen LogP contribution in [0.5, 0.6) is 5.75 Å². The fourth-order valence-electron chi connectivity index (χ4n) is 2.17. The van der Waals surface area contributed by atoms with E-state index in [-0.39, 0.29) is 5.91 Å². The first kappa shape index (κ1) is 16.5. The molecule has 0 saturated heterocycles. The quantitative estimate of drug-likeness (QED) is 0.800. The summed E-state index contributed by atoms with van der Waals surface area (Å²) in [5.41, 5.74) is 2.73. The maximum absolute atomic E-state index is 12.0. The Kier molecular flexibility index (Phi) is 5.60. The summed E-state index contributed by atoms with van der Waals surface area (Å²) in [6.07, 6.45) is 0.830. The molecule has 22 heavy (non-hydrogen) atoms. The molecular weight excluding hydrogens is 346 g/mol. The van der Waals surface area contributed by atoms with E-state index in [4.69, 9.17) is 4.74 Å². The van der Waals surface area contributed by atoms with Crippen molar-refractivity contribution in [2.24, 2.45) is 0 Å². The van der Waals surface area contributed by atoms with Gasteiger partial charge in [0.2, 0.25) is 0 Å². The van der Waals surface area contributed by atoms with Gasteiger partial charge in [-0.15, -0.1) is 0 Å². The molecule has 2 aromatic rings.